The second kappa shape index (κ2) is 12.6. The highest BCUT2D eigenvalue weighted by molar-refractivity contribution is 6.00. The number of unbranched alkanes of at least 4 members (excludes halogenated alkanes) is 1. The van der Waals surface area contributed by atoms with Gasteiger partial charge in [-0.2, -0.15) is 0 Å². The Kier molecular flexibility index (Phi) is 9.39. The van der Waals surface area contributed by atoms with Crippen LogP contribution in [-0.2, 0) is 16.1 Å². The maximum atomic E-state index is 13.6. The van der Waals surface area contributed by atoms with E-state index in [1.807, 2.05) is 45.0 Å². The Bertz CT molecular complexity index is 1210. The van der Waals surface area contributed by atoms with Crippen molar-refractivity contribution in [3.05, 3.63) is 59.7 Å². The number of hydrogen-bond donors (Lipinski definition) is 3. The van der Waals surface area contributed by atoms with Crippen LogP contribution >= 0.6 is 0 Å². The standard InChI is InChI=1S/C32H44N4O5/c1-6-7-18-36-29(39)26(27(37)31(2,3)4)34-30(40)32(36)16-19-35(20-17-32)21-22-8-12-24(13-9-22)41-25-14-10-23(11-15-25)28(38)33-5/h8-15,26-27,37H,6-7,16-21H2,1-5H3,(H,33,38)(H,34,40)/t26-,27+/m1/s1. The number of ether oxygens (including phenoxy) is 1. The number of benzene rings is 2. The predicted octanol–water partition coefficient (Wildman–Crippen LogP) is 3.71. The van der Waals surface area contributed by atoms with E-state index in [1.165, 1.54) is 0 Å². The van der Waals surface area contributed by atoms with Crippen molar-refractivity contribution >= 4 is 17.7 Å². The molecule has 9 heteroatoms. The number of piperazine rings is 1. The van der Waals surface area contributed by atoms with Crippen LogP contribution in [-0.4, -0.2) is 77.0 Å². The first-order chi connectivity index (χ1) is 19.5. The van der Waals surface area contributed by atoms with Gasteiger partial charge in [-0.15, -0.1) is 0 Å². The monoisotopic (exact) mass is 564 g/mol. The first-order valence-corrected chi connectivity index (χ1v) is 14.6. The van der Waals surface area contributed by atoms with E-state index in [2.05, 4.69) is 22.5 Å². The van der Waals surface area contributed by atoms with E-state index in [0.717, 1.165) is 24.9 Å². The Labute approximate surface area is 243 Å². The van der Waals surface area contributed by atoms with Crippen LogP contribution in [0.25, 0.3) is 0 Å². The van der Waals surface area contributed by atoms with Crippen LogP contribution in [0.2, 0.25) is 0 Å². The van der Waals surface area contributed by atoms with Crippen molar-refractivity contribution in [2.45, 2.75) is 77.6 Å². The lowest BCUT2D eigenvalue weighted by Crippen LogP contribution is -2.75. The summed E-state index contributed by atoms with van der Waals surface area (Å²) in [5.41, 5.74) is 0.297. The third-order valence-electron chi connectivity index (χ3n) is 8.29. The largest absolute Gasteiger partial charge is 0.457 e. The second-order valence-electron chi connectivity index (χ2n) is 12.3. The van der Waals surface area contributed by atoms with Crippen LogP contribution in [0, 0.1) is 5.41 Å². The van der Waals surface area contributed by atoms with Crippen molar-refractivity contribution in [1.29, 1.82) is 0 Å². The molecule has 2 saturated heterocycles. The number of hydrogen-bond acceptors (Lipinski definition) is 6. The highest BCUT2D eigenvalue weighted by atomic mass is 16.5. The summed E-state index contributed by atoms with van der Waals surface area (Å²) >= 11 is 0. The average molecular weight is 565 g/mol. The first kappa shape index (κ1) is 30.5. The zero-order valence-corrected chi connectivity index (χ0v) is 24.9. The Morgan fingerprint density at radius 1 is 1.07 bits per heavy atom. The normalized spacial score (nSPS) is 20.0. The van der Waals surface area contributed by atoms with Gasteiger partial charge in [0.2, 0.25) is 11.8 Å². The fraction of sp³-hybridized carbons (Fsp3) is 0.531. The van der Waals surface area contributed by atoms with Gasteiger partial charge in [0, 0.05) is 38.8 Å². The van der Waals surface area contributed by atoms with Gasteiger partial charge in [-0.3, -0.25) is 19.3 Å². The van der Waals surface area contributed by atoms with E-state index in [4.69, 9.17) is 4.74 Å². The van der Waals surface area contributed by atoms with Crippen molar-refractivity contribution in [3.63, 3.8) is 0 Å². The quantitative estimate of drug-likeness (QED) is 0.428. The Balaban J connectivity index is 1.38. The molecule has 0 radical (unpaired) electrons. The van der Waals surface area contributed by atoms with Gasteiger partial charge in [0.1, 0.15) is 23.1 Å². The van der Waals surface area contributed by atoms with Gasteiger partial charge in [-0.05, 0) is 66.6 Å². The number of amides is 3. The fourth-order valence-electron chi connectivity index (χ4n) is 5.65. The number of aliphatic hydroxyl groups excluding tert-OH is 1. The average Bonchev–Trinajstić information content (AvgIpc) is 2.96. The third-order valence-corrected chi connectivity index (χ3v) is 8.29. The molecular formula is C32H44N4O5. The molecule has 0 aliphatic carbocycles. The summed E-state index contributed by atoms with van der Waals surface area (Å²) in [5.74, 6) is 0.892. The molecule has 2 heterocycles. The number of carbonyl (C=O) groups is 3. The topological polar surface area (TPSA) is 111 Å². The lowest BCUT2D eigenvalue weighted by atomic mass is 9.78. The second-order valence-corrected chi connectivity index (χ2v) is 12.3. The predicted molar refractivity (Wildman–Crippen MR) is 158 cm³/mol. The highest BCUT2D eigenvalue weighted by Gasteiger charge is 2.55. The molecule has 2 aliphatic heterocycles. The molecule has 2 fully saturated rings. The minimum atomic E-state index is -0.964. The molecule has 1 spiro atoms. The summed E-state index contributed by atoms with van der Waals surface area (Å²) in [7, 11) is 1.60. The highest BCUT2D eigenvalue weighted by Crippen LogP contribution is 2.36. The molecule has 4 rings (SSSR count). The van der Waals surface area contributed by atoms with Crippen LogP contribution in [0.5, 0.6) is 11.5 Å². The van der Waals surface area contributed by atoms with E-state index < -0.39 is 23.1 Å². The van der Waals surface area contributed by atoms with Crippen molar-refractivity contribution in [3.8, 4) is 11.5 Å². The number of likely N-dealkylation sites (tertiary alicyclic amines) is 1. The number of rotatable bonds is 9. The molecular weight excluding hydrogens is 520 g/mol. The zero-order valence-electron chi connectivity index (χ0n) is 24.9. The lowest BCUT2D eigenvalue weighted by molar-refractivity contribution is -0.166. The molecule has 0 bridgehead atoms. The molecule has 3 amide bonds. The van der Waals surface area contributed by atoms with Crippen LogP contribution in [0.15, 0.2) is 48.5 Å². The summed E-state index contributed by atoms with van der Waals surface area (Å²) in [4.78, 5) is 43.0. The number of nitrogens with zero attached hydrogens (tertiary/aromatic N) is 2. The number of aliphatic hydroxyl groups is 1. The molecule has 222 valence electrons. The third kappa shape index (κ3) is 6.73. The van der Waals surface area contributed by atoms with Gasteiger partial charge < -0.3 is 25.4 Å². The fourth-order valence-corrected chi connectivity index (χ4v) is 5.65. The van der Waals surface area contributed by atoms with Gasteiger partial charge in [0.05, 0.1) is 6.10 Å². The Morgan fingerprint density at radius 2 is 1.66 bits per heavy atom. The minimum Gasteiger partial charge on any atom is -0.457 e. The van der Waals surface area contributed by atoms with Crippen molar-refractivity contribution in [2.75, 3.05) is 26.7 Å². The Hall–Kier alpha value is -3.43. The summed E-state index contributed by atoms with van der Waals surface area (Å²) in [6.45, 7) is 10.3. The lowest BCUT2D eigenvalue weighted by Gasteiger charge is -2.53. The molecule has 9 nitrogen and oxygen atoms in total. The van der Waals surface area contributed by atoms with Gasteiger partial charge in [-0.1, -0.05) is 46.2 Å². The van der Waals surface area contributed by atoms with Crippen LogP contribution in [0.1, 0.15) is 69.3 Å². The van der Waals surface area contributed by atoms with Gasteiger partial charge in [-0.25, -0.2) is 0 Å². The maximum Gasteiger partial charge on any atom is 0.251 e. The first-order valence-electron chi connectivity index (χ1n) is 14.6. The van der Waals surface area contributed by atoms with Crippen LogP contribution < -0.4 is 15.4 Å². The minimum absolute atomic E-state index is 0.141. The summed E-state index contributed by atoms with van der Waals surface area (Å²) < 4.78 is 5.93. The van der Waals surface area contributed by atoms with E-state index >= 15 is 0 Å². The molecule has 0 saturated carbocycles. The molecule has 41 heavy (non-hydrogen) atoms. The summed E-state index contributed by atoms with van der Waals surface area (Å²) in [6, 6.07) is 14.0. The number of carbonyl (C=O) groups excluding carboxylic acids is 3. The van der Waals surface area contributed by atoms with Crippen LogP contribution in [0.3, 0.4) is 0 Å². The molecule has 2 atom stereocenters. The smallest absolute Gasteiger partial charge is 0.251 e. The van der Waals surface area contributed by atoms with E-state index in [0.29, 0.717) is 49.5 Å². The van der Waals surface area contributed by atoms with E-state index in [-0.39, 0.29) is 17.7 Å². The molecule has 0 aromatic heterocycles. The maximum absolute atomic E-state index is 13.6. The van der Waals surface area contributed by atoms with Crippen molar-refractivity contribution in [2.24, 2.45) is 5.41 Å². The number of piperidine rings is 1. The molecule has 2 aliphatic rings. The van der Waals surface area contributed by atoms with Gasteiger partial charge in [0.25, 0.3) is 5.91 Å². The molecule has 2 aromatic carbocycles. The Morgan fingerprint density at radius 3 is 2.20 bits per heavy atom. The molecule has 0 unspecified atom stereocenters. The van der Waals surface area contributed by atoms with Crippen LogP contribution in [0.4, 0.5) is 0 Å². The van der Waals surface area contributed by atoms with Crippen molar-refractivity contribution < 1.29 is 24.2 Å². The van der Waals surface area contributed by atoms with Gasteiger partial charge >= 0.3 is 0 Å². The summed E-state index contributed by atoms with van der Waals surface area (Å²) in [6.07, 6.45) is 1.88. The van der Waals surface area contributed by atoms with E-state index in [9.17, 15) is 19.5 Å². The molecule has 3 N–H and O–H groups in total. The summed E-state index contributed by atoms with van der Waals surface area (Å²) in [5, 5.41) is 16.4. The zero-order chi connectivity index (χ0) is 29.8. The van der Waals surface area contributed by atoms with Crippen molar-refractivity contribution in [1.82, 2.24) is 20.4 Å². The van der Waals surface area contributed by atoms with Gasteiger partial charge in [0.15, 0.2) is 0 Å². The molecule has 2 aromatic rings. The SMILES string of the molecule is CCCCN1C(=O)[C@@H]([C@H](O)C(C)(C)C)NC(=O)C12CCN(Cc1ccc(Oc3ccc(C(=O)NC)cc3)cc1)CC2. The van der Waals surface area contributed by atoms with E-state index in [1.54, 1.807) is 36.2 Å². The number of nitrogens with one attached hydrogen (secondary N) is 2.